The zero-order valence-corrected chi connectivity index (χ0v) is 18.9. The van der Waals surface area contributed by atoms with E-state index in [2.05, 4.69) is 46.5 Å². The second-order valence-electron chi connectivity index (χ2n) is 8.42. The van der Waals surface area contributed by atoms with E-state index in [1.54, 1.807) is 16.7 Å². The molecule has 0 fully saturated rings. The Morgan fingerprint density at radius 3 is 2.38 bits per heavy atom. The van der Waals surface area contributed by atoms with E-state index in [0.29, 0.717) is 6.54 Å². The van der Waals surface area contributed by atoms with Gasteiger partial charge in [0.05, 0.1) is 6.54 Å². The van der Waals surface area contributed by atoms with Gasteiger partial charge in [0.1, 0.15) is 5.75 Å². The van der Waals surface area contributed by atoms with Crippen molar-refractivity contribution >= 4 is 10.8 Å². The number of hydrogen-bond donors (Lipinski definition) is 2. The highest BCUT2D eigenvalue weighted by Gasteiger charge is 2.30. The molecule has 0 aliphatic heterocycles. The molecule has 3 aromatic carbocycles. The standard InChI is InChI=1S/C27H27F3N2O2/c1-19-14-22(16-31-13-5-8-20-6-3-2-4-7-20)15-23-18-32(26(33)25(19)23)17-21-9-11-24(12-10-21)34-27(28,29)30/h2-4,6-7,9-12,14-15,18,31,33H,5,8,13,16-17H2,1H3. The molecule has 7 heteroatoms. The second kappa shape index (κ2) is 10.2. The Morgan fingerprint density at radius 2 is 1.68 bits per heavy atom. The van der Waals surface area contributed by atoms with Crippen molar-refractivity contribution in [3.63, 3.8) is 0 Å². The molecule has 2 N–H and O–H groups in total. The highest BCUT2D eigenvalue weighted by atomic mass is 19.4. The van der Waals surface area contributed by atoms with Crippen molar-refractivity contribution < 1.29 is 23.0 Å². The SMILES string of the molecule is Cc1cc(CNCCCc2ccccc2)cc2cn(Cc3ccc(OC(F)(F)F)cc3)c(O)c12. The molecule has 0 aliphatic carbocycles. The van der Waals surface area contributed by atoms with Gasteiger partial charge in [0.25, 0.3) is 0 Å². The van der Waals surface area contributed by atoms with Gasteiger partial charge in [0, 0.05) is 23.5 Å². The van der Waals surface area contributed by atoms with E-state index in [-0.39, 0.29) is 11.6 Å². The lowest BCUT2D eigenvalue weighted by Gasteiger charge is -2.10. The number of halogens is 3. The molecule has 0 bridgehead atoms. The number of rotatable bonds is 9. The van der Waals surface area contributed by atoms with Crippen LogP contribution in [0.4, 0.5) is 13.2 Å². The van der Waals surface area contributed by atoms with Gasteiger partial charge >= 0.3 is 6.36 Å². The minimum atomic E-state index is -4.72. The quantitative estimate of drug-likeness (QED) is 0.283. The van der Waals surface area contributed by atoms with Crippen LogP contribution in [0.2, 0.25) is 0 Å². The first-order valence-corrected chi connectivity index (χ1v) is 11.2. The van der Waals surface area contributed by atoms with Gasteiger partial charge in [-0.2, -0.15) is 0 Å². The van der Waals surface area contributed by atoms with E-state index >= 15 is 0 Å². The van der Waals surface area contributed by atoms with E-state index in [9.17, 15) is 18.3 Å². The molecule has 0 atom stereocenters. The summed E-state index contributed by atoms with van der Waals surface area (Å²) >= 11 is 0. The number of nitrogens with zero attached hydrogens (tertiary/aromatic N) is 1. The summed E-state index contributed by atoms with van der Waals surface area (Å²) in [7, 11) is 0. The zero-order chi connectivity index (χ0) is 24.1. The fraction of sp³-hybridized carbons (Fsp3) is 0.259. The van der Waals surface area contributed by atoms with Gasteiger partial charge in [-0.05, 0) is 66.8 Å². The molecule has 0 saturated heterocycles. The Kier molecular flexibility index (Phi) is 7.12. The molecule has 4 nitrogen and oxygen atoms in total. The van der Waals surface area contributed by atoms with Crippen molar-refractivity contribution in [3.05, 3.63) is 95.2 Å². The van der Waals surface area contributed by atoms with Crippen LogP contribution in [0.1, 0.15) is 28.7 Å². The molecule has 0 amide bonds. The fourth-order valence-corrected chi connectivity index (χ4v) is 4.18. The number of ether oxygens (including phenoxy) is 1. The van der Waals surface area contributed by atoms with Crippen LogP contribution < -0.4 is 10.1 Å². The zero-order valence-electron chi connectivity index (χ0n) is 18.9. The van der Waals surface area contributed by atoms with E-state index < -0.39 is 6.36 Å². The van der Waals surface area contributed by atoms with Gasteiger partial charge in [-0.1, -0.05) is 48.5 Å². The Balaban J connectivity index is 1.39. The average molecular weight is 469 g/mol. The van der Waals surface area contributed by atoms with E-state index in [4.69, 9.17) is 0 Å². The molecular formula is C27H27F3N2O2. The Bertz CT molecular complexity index is 1230. The minimum absolute atomic E-state index is 0.144. The Hall–Kier alpha value is -3.45. The smallest absolute Gasteiger partial charge is 0.494 e. The van der Waals surface area contributed by atoms with Crippen molar-refractivity contribution in [2.75, 3.05) is 6.54 Å². The highest BCUT2D eigenvalue weighted by Crippen LogP contribution is 2.32. The molecule has 34 heavy (non-hydrogen) atoms. The van der Waals surface area contributed by atoms with Crippen molar-refractivity contribution in [1.82, 2.24) is 9.88 Å². The molecule has 1 heterocycles. The third-order valence-electron chi connectivity index (χ3n) is 5.72. The average Bonchev–Trinajstić information content (AvgIpc) is 3.10. The van der Waals surface area contributed by atoms with Crippen molar-refractivity contribution in [1.29, 1.82) is 0 Å². The monoisotopic (exact) mass is 468 g/mol. The molecule has 0 aliphatic rings. The summed E-state index contributed by atoms with van der Waals surface area (Å²) in [6.07, 6.45) is -0.762. The first-order valence-electron chi connectivity index (χ1n) is 11.2. The maximum absolute atomic E-state index is 12.4. The summed E-state index contributed by atoms with van der Waals surface area (Å²) in [6.45, 7) is 3.94. The summed E-state index contributed by atoms with van der Waals surface area (Å²) in [5.74, 6) is -0.125. The van der Waals surface area contributed by atoms with Crippen LogP contribution in [0, 0.1) is 6.92 Å². The van der Waals surface area contributed by atoms with Crippen LogP contribution in [0.25, 0.3) is 10.8 Å². The van der Waals surface area contributed by atoms with Gasteiger partial charge in [-0.15, -0.1) is 13.2 Å². The Morgan fingerprint density at radius 1 is 0.941 bits per heavy atom. The van der Waals surface area contributed by atoms with Crippen LogP contribution in [0.5, 0.6) is 11.6 Å². The van der Waals surface area contributed by atoms with Crippen molar-refractivity contribution in [2.24, 2.45) is 0 Å². The first-order chi connectivity index (χ1) is 16.3. The second-order valence-corrected chi connectivity index (χ2v) is 8.42. The maximum Gasteiger partial charge on any atom is 0.573 e. The summed E-state index contributed by atoms with van der Waals surface area (Å²) < 4.78 is 42.7. The number of alkyl halides is 3. The van der Waals surface area contributed by atoms with Gasteiger partial charge in [0.2, 0.25) is 0 Å². The molecule has 1 aromatic heterocycles. The number of aromatic hydroxyl groups is 1. The molecule has 0 unspecified atom stereocenters. The number of aromatic nitrogens is 1. The predicted octanol–water partition coefficient (Wildman–Crippen LogP) is 6.32. The van der Waals surface area contributed by atoms with Crippen LogP contribution in [-0.4, -0.2) is 22.6 Å². The van der Waals surface area contributed by atoms with E-state index in [1.165, 1.54) is 17.7 Å². The number of fused-ring (bicyclic) bond motifs is 1. The van der Waals surface area contributed by atoms with Crippen molar-refractivity contribution in [2.45, 2.75) is 39.2 Å². The summed E-state index contributed by atoms with van der Waals surface area (Å²) in [5.41, 5.74) is 4.20. The molecule has 0 spiro atoms. The topological polar surface area (TPSA) is 46.4 Å². The lowest BCUT2D eigenvalue weighted by Crippen LogP contribution is -2.17. The molecule has 178 valence electrons. The van der Waals surface area contributed by atoms with Crippen LogP contribution in [-0.2, 0) is 19.5 Å². The van der Waals surface area contributed by atoms with Gasteiger partial charge in [0.15, 0.2) is 5.88 Å². The van der Waals surface area contributed by atoms with Gasteiger partial charge in [-0.25, -0.2) is 0 Å². The number of hydrogen-bond acceptors (Lipinski definition) is 3. The highest BCUT2D eigenvalue weighted by molar-refractivity contribution is 5.91. The molecule has 0 radical (unpaired) electrons. The first kappa shape index (κ1) is 23.7. The summed E-state index contributed by atoms with van der Waals surface area (Å²) in [5, 5.41) is 16.0. The van der Waals surface area contributed by atoms with Crippen molar-refractivity contribution in [3.8, 4) is 11.6 Å². The van der Waals surface area contributed by atoms with Gasteiger partial charge in [-0.3, -0.25) is 0 Å². The maximum atomic E-state index is 12.4. The lowest BCUT2D eigenvalue weighted by atomic mass is 10.1. The van der Waals surface area contributed by atoms with E-state index in [0.717, 1.165) is 53.4 Å². The minimum Gasteiger partial charge on any atom is -0.494 e. The Labute approximate surface area is 196 Å². The van der Waals surface area contributed by atoms with Gasteiger partial charge < -0.3 is 19.7 Å². The predicted molar refractivity (Wildman–Crippen MR) is 127 cm³/mol. The summed E-state index contributed by atoms with van der Waals surface area (Å²) in [4.78, 5) is 0. The lowest BCUT2D eigenvalue weighted by molar-refractivity contribution is -0.274. The third-order valence-corrected chi connectivity index (χ3v) is 5.72. The number of benzene rings is 3. The number of nitrogens with one attached hydrogen (secondary N) is 1. The van der Waals surface area contributed by atoms with Crippen LogP contribution >= 0.6 is 0 Å². The molecular weight excluding hydrogens is 441 g/mol. The van der Waals surface area contributed by atoms with Crippen LogP contribution in [0.15, 0.2) is 72.9 Å². The fourth-order valence-electron chi connectivity index (χ4n) is 4.18. The summed E-state index contributed by atoms with van der Waals surface area (Å²) in [6, 6.07) is 20.2. The number of aryl methyl sites for hydroxylation is 2. The van der Waals surface area contributed by atoms with Crippen LogP contribution in [0.3, 0.4) is 0 Å². The third kappa shape index (κ3) is 6.11. The molecule has 4 rings (SSSR count). The molecule has 0 saturated carbocycles. The largest absolute Gasteiger partial charge is 0.573 e. The van der Waals surface area contributed by atoms with E-state index in [1.807, 2.05) is 19.2 Å². The normalized spacial score (nSPS) is 11.8. The molecule has 4 aromatic rings.